The highest BCUT2D eigenvalue weighted by Gasteiger charge is 2.09. The number of anilines is 1. The molecule has 0 unspecified atom stereocenters. The molecule has 0 spiro atoms. The summed E-state index contributed by atoms with van der Waals surface area (Å²) in [4.78, 5) is 16.5. The first-order valence-electron chi connectivity index (χ1n) is 7.00. The molecule has 4 nitrogen and oxygen atoms in total. The molecule has 0 fully saturated rings. The number of hydrogen-bond acceptors (Lipinski definition) is 4. The summed E-state index contributed by atoms with van der Waals surface area (Å²) < 4.78 is 0. The molecule has 24 heavy (non-hydrogen) atoms. The standard InChI is InChI=1S/C17H12ClN3OS2/c18-13-8-6-11(7-9-13)14-10-24-17(19-14)21-16(23)20-15(22)12-4-2-1-3-5-12/h1-10H,(H2,19,20,21,22,23). The summed E-state index contributed by atoms with van der Waals surface area (Å²) in [5.41, 5.74) is 2.32. The lowest BCUT2D eigenvalue weighted by Crippen LogP contribution is -2.34. The molecule has 0 bridgehead atoms. The van der Waals surface area contributed by atoms with E-state index in [1.807, 2.05) is 35.7 Å². The smallest absolute Gasteiger partial charge is 0.257 e. The molecule has 0 aliphatic heterocycles. The first-order chi connectivity index (χ1) is 11.6. The molecule has 7 heteroatoms. The number of nitrogens with one attached hydrogen (secondary N) is 2. The van der Waals surface area contributed by atoms with Crippen LogP contribution in [-0.2, 0) is 0 Å². The average Bonchev–Trinajstić information content (AvgIpc) is 3.04. The lowest BCUT2D eigenvalue weighted by atomic mass is 10.2. The number of thiocarbonyl (C=S) groups is 1. The highest BCUT2D eigenvalue weighted by Crippen LogP contribution is 2.25. The Labute approximate surface area is 153 Å². The van der Waals surface area contributed by atoms with Gasteiger partial charge in [0.25, 0.3) is 5.91 Å². The zero-order valence-corrected chi connectivity index (χ0v) is 14.7. The van der Waals surface area contributed by atoms with Crippen molar-refractivity contribution < 1.29 is 4.79 Å². The summed E-state index contributed by atoms with van der Waals surface area (Å²) >= 11 is 12.5. The summed E-state index contributed by atoms with van der Waals surface area (Å²) in [7, 11) is 0. The van der Waals surface area contributed by atoms with E-state index in [-0.39, 0.29) is 11.0 Å². The fourth-order valence-electron chi connectivity index (χ4n) is 1.98. The fraction of sp³-hybridized carbons (Fsp3) is 0. The second kappa shape index (κ2) is 7.53. The van der Waals surface area contributed by atoms with Crippen LogP contribution in [0.1, 0.15) is 10.4 Å². The number of carbonyl (C=O) groups is 1. The molecule has 2 N–H and O–H groups in total. The maximum Gasteiger partial charge on any atom is 0.257 e. The Bertz CT molecular complexity index is 863. The second-order valence-electron chi connectivity index (χ2n) is 4.82. The van der Waals surface area contributed by atoms with Gasteiger partial charge >= 0.3 is 0 Å². The van der Waals surface area contributed by atoms with Gasteiger partial charge in [-0.3, -0.25) is 10.1 Å². The molecule has 1 heterocycles. The Kier molecular flexibility index (Phi) is 5.20. The van der Waals surface area contributed by atoms with Crippen LogP contribution in [0.5, 0.6) is 0 Å². The number of thiazole rings is 1. The van der Waals surface area contributed by atoms with Crippen LogP contribution in [-0.4, -0.2) is 16.0 Å². The minimum atomic E-state index is -0.261. The van der Waals surface area contributed by atoms with Crippen LogP contribution in [0.25, 0.3) is 11.3 Å². The SMILES string of the molecule is O=C(NC(=S)Nc1nc(-c2ccc(Cl)cc2)cs1)c1ccccc1. The van der Waals surface area contributed by atoms with E-state index < -0.39 is 0 Å². The third-order valence-corrected chi connectivity index (χ3v) is 4.34. The lowest BCUT2D eigenvalue weighted by Gasteiger charge is -2.07. The van der Waals surface area contributed by atoms with E-state index in [1.54, 1.807) is 24.3 Å². The Hall–Kier alpha value is -2.28. The third-order valence-electron chi connectivity index (χ3n) is 3.13. The number of amides is 1. The molecule has 2 aromatic carbocycles. The molecule has 0 aliphatic carbocycles. The number of aromatic nitrogens is 1. The van der Waals surface area contributed by atoms with Crippen LogP contribution >= 0.6 is 35.2 Å². The van der Waals surface area contributed by atoms with E-state index in [4.69, 9.17) is 23.8 Å². The Morgan fingerprint density at radius 1 is 1.08 bits per heavy atom. The zero-order chi connectivity index (χ0) is 16.9. The third kappa shape index (κ3) is 4.17. The number of benzene rings is 2. The first-order valence-corrected chi connectivity index (χ1v) is 8.67. The Morgan fingerprint density at radius 2 is 1.79 bits per heavy atom. The average molecular weight is 374 g/mol. The molecule has 0 saturated carbocycles. The number of rotatable bonds is 3. The normalized spacial score (nSPS) is 10.2. The van der Waals surface area contributed by atoms with Crippen molar-refractivity contribution in [1.29, 1.82) is 0 Å². The van der Waals surface area contributed by atoms with E-state index in [0.29, 0.717) is 15.7 Å². The van der Waals surface area contributed by atoms with E-state index in [1.165, 1.54) is 11.3 Å². The van der Waals surface area contributed by atoms with Gasteiger partial charge in [0.15, 0.2) is 10.2 Å². The van der Waals surface area contributed by atoms with Crippen LogP contribution in [0.15, 0.2) is 60.0 Å². The van der Waals surface area contributed by atoms with Crippen LogP contribution in [0, 0.1) is 0 Å². The molecular weight excluding hydrogens is 362 g/mol. The molecule has 0 saturated heterocycles. The van der Waals surface area contributed by atoms with Crippen molar-refractivity contribution in [2.24, 2.45) is 0 Å². The summed E-state index contributed by atoms with van der Waals surface area (Å²) in [6.45, 7) is 0. The maximum atomic E-state index is 12.0. The van der Waals surface area contributed by atoms with Crippen molar-refractivity contribution in [2.45, 2.75) is 0 Å². The van der Waals surface area contributed by atoms with Gasteiger partial charge in [-0.1, -0.05) is 41.9 Å². The van der Waals surface area contributed by atoms with Crippen LogP contribution in [0.2, 0.25) is 5.02 Å². The summed E-state index contributed by atoms with van der Waals surface area (Å²) in [6, 6.07) is 16.3. The minimum Gasteiger partial charge on any atom is -0.308 e. The van der Waals surface area contributed by atoms with Gasteiger partial charge in [-0.05, 0) is 36.5 Å². The van der Waals surface area contributed by atoms with Crippen LogP contribution in [0.3, 0.4) is 0 Å². The van der Waals surface area contributed by atoms with Crippen LogP contribution in [0.4, 0.5) is 5.13 Å². The molecule has 0 aliphatic rings. The molecule has 0 radical (unpaired) electrons. The quantitative estimate of drug-likeness (QED) is 0.659. The van der Waals surface area contributed by atoms with Crippen molar-refractivity contribution in [3.8, 4) is 11.3 Å². The molecule has 3 rings (SSSR count). The van der Waals surface area contributed by atoms with Gasteiger partial charge in [-0.15, -0.1) is 11.3 Å². The van der Waals surface area contributed by atoms with Gasteiger partial charge in [0, 0.05) is 21.5 Å². The first kappa shape index (κ1) is 16.6. The topological polar surface area (TPSA) is 54.0 Å². The second-order valence-corrected chi connectivity index (χ2v) is 6.52. The number of carbonyl (C=O) groups excluding carboxylic acids is 1. The van der Waals surface area contributed by atoms with Crippen molar-refractivity contribution in [2.75, 3.05) is 5.32 Å². The van der Waals surface area contributed by atoms with Crippen LogP contribution < -0.4 is 10.6 Å². The van der Waals surface area contributed by atoms with Gasteiger partial charge in [0.2, 0.25) is 0 Å². The number of hydrogen-bond donors (Lipinski definition) is 2. The highest BCUT2D eigenvalue weighted by molar-refractivity contribution is 7.80. The van der Waals surface area contributed by atoms with E-state index in [2.05, 4.69) is 15.6 Å². The van der Waals surface area contributed by atoms with Gasteiger partial charge in [0.1, 0.15) is 0 Å². The largest absolute Gasteiger partial charge is 0.308 e. The lowest BCUT2D eigenvalue weighted by molar-refractivity contribution is 0.0978. The maximum absolute atomic E-state index is 12.0. The predicted molar refractivity (Wildman–Crippen MR) is 103 cm³/mol. The predicted octanol–water partition coefficient (Wildman–Crippen LogP) is 4.59. The van der Waals surface area contributed by atoms with Crippen molar-refractivity contribution in [3.05, 3.63) is 70.6 Å². The van der Waals surface area contributed by atoms with Gasteiger partial charge < -0.3 is 5.32 Å². The monoisotopic (exact) mass is 373 g/mol. The van der Waals surface area contributed by atoms with E-state index in [0.717, 1.165) is 11.3 Å². The molecule has 1 aromatic heterocycles. The summed E-state index contributed by atoms with van der Waals surface area (Å²) in [6.07, 6.45) is 0. The van der Waals surface area contributed by atoms with Crippen molar-refractivity contribution in [1.82, 2.24) is 10.3 Å². The molecule has 1 amide bonds. The van der Waals surface area contributed by atoms with E-state index in [9.17, 15) is 4.79 Å². The van der Waals surface area contributed by atoms with Crippen molar-refractivity contribution in [3.63, 3.8) is 0 Å². The molecule has 3 aromatic rings. The summed E-state index contributed by atoms with van der Waals surface area (Å²) in [5.74, 6) is -0.261. The van der Waals surface area contributed by atoms with Gasteiger partial charge in [0.05, 0.1) is 5.69 Å². The Morgan fingerprint density at radius 3 is 2.50 bits per heavy atom. The zero-order valence-electron chi connectivity index (χ0n) is 12.3. The minimum absolute atomic E-state index is 0.209. The highest BCUT2D eigenvalue weighted by atomic mass is 35.5. The van der Waals surface area contributed by atoms with Crippen molar-refractivity contribution >= 4 is 51.3 Å². The fourth-order valence-corrected chi connectivity index (χ4v) is 3.08. The molecule has 0 atom stereocenters. The number of halogens is 1. The molecule has 120 valence electrons. The number of nitrogens with zero attached hydrogens (tertiary/aromatic N) is 1. The van der Waals surface area contributed by atoms with E-state index >= 15 is 0 Å². The summed E-state index contributed by atoms with van der Waals surface area (Å²) in [5, 5.41) is 8.96. The Balaban J connectivity index is 1.63. The molecular formula is C17H12ClN3OS2. The van der Waals surface area contributed by atoms with Gasteiger partial charge in [-0.2, -0.15) is 0 Å². The van der Waals surface area contributed by atoms with Gasteiger partial charge in [-0.25, -0.2) is 4.98 Å².